The van der Waals surface area contributed by atoms with Crippen LogP contribution in [0.25, 0.3) is 0 Å². The number of likely N-dealkylation sites (tertiary alicyclic amines) is 1. The highest BCUT2D eigenvalue weighted by atomic mass is 19.1. The number of hydrogen-bond donors (Lipinski definition) is 0. The quantitative estimate of drug-likeness (QED) is 0.812. The number of hydrogen-bond acceptors (Lipinski definition) is 3. The fourth-order valence-electron chi connectivity index (χ4n) is 3.13. The summed E-state index contributed by atoms with van der Waals surface area (Å²) in [7, 11) is 1.86. The molecule has 4 nitrogen and oxygen atoms in total. The third kappa shape index (κ3) is 2.38. The molecule has 2 heterocycles. The molecule has 0 bridgehead atoms. The average molecular weight is 277 g/mol. The minimum absolute atomic E-state index is 0.0303. The molecule has 0 radical (unpaired) electrons. The van der Waals surface area contributed by atoms with Crippen LogP contribution in [0.2, 0.25) is 0 Å². The van der Waals surface area contributed by atoms with Crippen LogP contribution in [-0.4, -0.2) is 61.5 Å². The molecule has 1 unspecified atom stereocenters. The zero-order chi connectivity index (χ0) is 14.1. The number of anilines is 1. The maximum absolute atomic E-state index is 13.8. The number of piperazine rings is 1. The molecule has 1 atom stereocenters. The highest BCUT2D eigenvalue weighted by Crippen LogP contribution is 2.23. The molecule has 0 saturated carbocycles. The number of amides is 1. The summed E-state index contributed by atoms with van der Waals surface area (Å²) in [5.41, 5.74) is 0.669. The van der Waals surface area contributed by atoms with E-state index in [1.807, 2.05) is 19.2 Å². The van der Waals surface area contributed by atoms with Crippen molar-refractivity contribution in [1.29, 1.82) is 0 Å². The maximum atomic E-state index is 13.8. The third-order valence-corrected chi connectivity index (χ3v) is 4.35. The van der Waals surface area contributed by atoms with E-state index in [2.05, 4.69) is 9.80 Å². The molecule has 0 spiro atoms. The average Bonchev–Trinajstić information content (AvgIpc) is 2.80. The van der Waals surface area contributed by atoms with Crippen molar-refractivity contribution in [3.05, 3.63) is 30.1 Å². The summed E-state index contributed by atoms with van der Waals surface area (Å²) in [6, 6.07) is 6.92. The highest BCUT2D eigenvalue weighted by Gasteiger charge is 2.35. The Bertz CT molecular complexity index is 500. The van der Waals surface area contributed by atoms with Gasteiger partial charge < -0.3 is 9.80 Å². The largest absolute Gasteiger partial charge is 0.367 e. The summed E-state index contributed by atoms with van der Waals surface area (Å²) in [4.78, 5) is 18.1. The van der Waals surface area contributed by atoms with Crippen LogP contribution in [0.3, 0.4) is 0 Å². The maximum Gasteiger partial charge on any atom is 0.239 e. The number of halogens is 1. The Morgan fingerprint density at radius 3 is 2.40 bits per heavy atom. The van der Waals surface area contributed by atoms with Crippen LogP contribution in [0.4, 0.5) is 10.1 Å². The molecule has 0 aromatic heterocycles. The molecule has 0 aliphatic carbocycles. The highest BCUT2D eigenvalue weighted by molar-refractivity contribution is 5.83. The van der Waals surface area contributed by atoms with Crippen LogP contribution in [0.1, 0.15) is 6.42 Å². The van der Waals surface area contributed by atoms with E-state index in [4.69, 9.17) is 0 Å². The van der Waals surface area contributed by atoms with Gasteiger partial charge in [-0.1, -0.05) is 12.1 Å². The normalized spacial score (nSPS) is 24.5. The summed E-state index contributed by atoms with van der Waals surface area (Å²) in [5.74, 6) is 0.0574. The summed E-state index contributed by atoms with van der Waals surface area (Å²) >= 11 is 0. The van der Waals surface area contributed by atoms with Crippen LogP contribution in [0.5, 0.6) is 0 Å². The van der Waals surface area contributed by atoms with Gasteiger partial charge in [-0.25, -0.2) is 4.39 Å². The number of nitrogens with zero attached hydrogens (tertiary/aromatic N) is 3. The predicted octanol–water partition coefficient (Wildman–Crippen LogP) is 1.18. The summed E-state index contributed by atoms with van der Waals surface area (Å²) in [5, 5.41) is 0. The Balaban J connectivity index is 1.63. The van der Waals surface area contributed by atoms with Crippen molar-refractivity contribution >= 4 is 11.6 Å². The first kappa shape index (κ1) is 13.4. The van der Waals surface area contributed by atoms with Gasteiger partial charge in [0.25, 0.3) is 0 Å². The van der Waals surface area contributed by atoms with Crippen molar-refractivity contribution < 1.29 is 9.18 Å². The minimum Gasteiger partial charge on any atom is -0.367 e. The van der Waals surface area contributed by atoms with E-state index in [0.717, 1.165) is 39.1 Å². The van der Waals surface area contributed by atoms with Crippen LogP contribution < -0.4 is 4.90 Å². The first-order chi connectivity index (χ1) is 9.66. The molecule has 1 aromatic rings. The summed E-state index contributed by atoms with van der Waals surface area (Å²) in [6.45, 7) is 4.02. The first-order valence-corrected chi connectivity index (χ1v) is 7.15. The fourth-order valence-corrected chi connectivity index (χ4v) is 3.13. The van der Waals surface area contributed by atoms with Gasteiger partial charge in [-0.15, -0.1) is 0 Å². The number of likely N-dealkylation sites (N-methyl/N-ethyl adjacent to an activating group) is 1. The van der Waals surface area contributed by atoms with E-state index >= 15 is 0 Å². The molecule has 2 saturated heterocycles. The van der Waals surface area contributed by atoms with Crippen molar-refractivity contribution in [2.45, 2.75) is 12.5 Å². The lowest BCUT2D eigenvalue weighted by Crippen LogP contribution is -2.52. The monoisotopic (exact) mass is 277 g/mol. The topological polar surface area (TPSA) is 26.8 Å². The number of benzene rings is 1. The van der Waals surface area contributed by atoms with Gasteiger partial charge in [0.15, 0.2) is 0 Å². The van der Waals surface area contributed by atoms with Gasteiger partial charge >= 0.3 is 0 Å². The molecule has 2 aliphatic heterocycles. The van der Waals surface area contributed by atoms with Crippen molar-refractivity contribution in [2.75, 3.05) is 44.7 Å². The zero-order valence-electron chi connectivity index (χ0n) is 11.8. The summed E-state index contributed by atoms with van der Waals surface area (Å²) < 4.78 is 13.8. The molecule has 108 valence electrons. The zero-order valence-corrected chi connectivity index (χ0v) is 11.8. The molecular weight excluding hydrogens is 257 g/mol. The Kier molecular flexibility index (Phi) is 3.61. The van der Waals surface area contributed by atoms with Crippen LogP contribution in [-0.2, 0) is 4.79 Å². The second-order valence-corrected chi connectivity index (χ2v) is 5.54. The molecule has 20 heavy (non-hydrogen) atoms. The lowest BCUT2D eigenvalue weighted by molar-refractivity contribution is -0.131. The number of carbonyl (C=O) groups excluding carboxylic acids is 1. The molecule has 2 aliphatic rings. The van der Waals surface area contributed by atoms with E-state index in [-0.39, 0.29) is 17.8 Å². The Hall–Kier alpha value is -1.62. The van der Waals surface area contributed by atoms with Gasteiger partial charge in [-0.05, 0) is 18.6 Å². The van der Waals surface area contributed by atoms with Gasteiger partial charge in [0.05, 0.1) is 11.7 Å². The van der Waals surface area contributed by atoms with Gasteiger partial charge in [0.1, 0.15) is 5.82 Å². The molecule has 5 heteroatoms. The van der Waals surface area contributed by atoms with Crippen molar-refractivity contribution in [1.82, 2.24) is 9.80 Å². The first-order valence-electron chi connectivity index (χ1n) is 7.15. The third-order valence-electron chi connectivity index (χ3n) is 4.35. The molecule has 1 aromatic carbocycles. The molecule has 2 fully saturated rings. The predicted molar refractivity (Wildman–Crippen MR) is 76.2 cm³/mol. The summed E-state index contributed by atoms with van der Waals surface area (Å²) in [6.07, 6.45) is 0.912. The molecule has 0 N–H and O–H groups in total. The van der Waals surface area contributed by atoms with Crippen molar-refractivity contribution in [3.63, 3.8) is 0 Å². The van der Waals surface area contributed by atoms with Gasteiger partial charge in [0.2, 0.25) is 5.91 Å². The van der Waals surface area contributed by atoms with Gasteiger partial charge in [-0.2, -0.15) is 0 Å². The second kappa shape index (κ2) is 5.40. The molecule has 3 rings (SSSR count). The van der Waals surface area contributed by atoms with Gasteiger partial charge in [-0.3, -0.25) is 9.69 Å². The SMILES string of the molecule is CN1CCC(N2CCN(c3ccccc3F)CC2)C1=O. The lowest BCUT2D eigenvalue weighted by Gasteiger charge is -2.38. The Labute approximate surface area is 118 Å². The van der Waals surface area contributed by atoms with E-state index in [1.54, 1.807) is 11.0 Å². The van der Waals surface area contributed by atoms with E-state index in [0.29, 0.717) is 5.69 Å². The number of carbonyl (C=O) groups is 1. The number of para-hydroxylation sites is 1. The van der Waals surface area contributed by atoms with E-state index in [9.17, 15) is 9.18 Å². The van der Waals surface area contributed by atoms with Crippen molar-refractivity contribution in [2.24, 2.45) is 0 Å². The Morgan fingerprint density at radius 2 is 1.80 bits per heavy atom. The molecular formula is C15H20FN3O. The standard InChI is InChI=1S/C15H20FN3O/c1-17-7-6-14(15(17)20)19-10-8-18(9-11-19)13-5-3-2-4-12(13)16/h2-5,14H,6-11H2,1H3. The molecule has 1 amide bonds. The van der Waals surface area contributed by atoms with Crippen LogP contribution in [0.15, 0.2) is 24.3 Å². The lowest BCUT2D eigenvalue weighted by atomic mass is 10.1. The fraction of sp³-hybridized carbons (Fsp3) is 0.533. The van der Waals surface area contributed by atoms with E-state index < -0.39 is 0 Å². The van der Waals surface area contributed by atoms with Crippen molar-refractivity contribution in [3.8, 4) is 0 Å². The van der Waals surface area contributed by atoms with Crippen LogP contribution in [0, 0.1) is 5.82 Å². The second-order valence-electron chi connectivity index (χ2n) is 5.54. The smallest absolute Gasteiger partial charge is 0.239 e. The van der Waals surface area contributed by atoms with Gasteiger partial charge in [0, 0.05) is 39.8 Å². The van der Waals surface area contributed by atoms with Crippen LogP contribution >= 0.6 is 0 Å². The number of rotatable bonds is 2. The Morgan fingerprint density at radius 1 is 1.10 bits per heavy atom. The minimum atomic E-state index is -0.169. The van der Waals surface area contributed by atoms with E-state index in [1.165, 1.54) is 6.07 Å².